The van der Waals surface area contributed by atoms with E-state index < -0.39 is 6.09 Å². The summed E-state index contributed by atoms with van der Waals surface area (Å²) < 4.78 is 16.3. The van der Waals surface area contributed by atoms with Gasteiger partial charge in [0.1, 0.15) is 0 Å². The van der Waals surface area contributed by atoms with Gasteiger partial charge in [-0.3, -0.25) is 0 Å². The zero-order valence-electron chi connectivity index (χ0n) is 12.6. The molecule has 1 atom stereocenters. The first kappa shape index (κ1) is 15.3. The Hall–Kier alpha value is -2.11. The van der Waals surface area contributed by atoms with Gasteiger partial charge >= 0.3 is 6.09 Å². The van der Waals surface area contributed by atoms with Crippen molar-refractivity contribution in [1.82, 2.24) is 5.32 Å². The minimum Gasteiger partial charge on any atom is -0.493 e. The number of aryl methyl sites for hydroxylation is 1. The van der Waals surface area contributed by atoms with E-state index in [9.17, 15) is 4.79 Å². The van der Waals surface area contributed by atoms with Crippen LogP contribution < -0.4 is 19.5 Å². The molecule has 1 unspecified atom stereocenters. The van der Waals surface area contributed by atoms with Crippen LogP contribution in [0.15, 0.2) is 6.07 Å². The average molecular weight is 295 g/mol. The van der Waals surface area contributed by atoms with Gasteiger partial charge in [0.2, 0.25) is 5.75 Å². The largest absolute Gasteiger partial charge is 0.493 e. The molecule has 0 aliphatic heterocycles. The molecule has 1 aliphatic carbocycles. The van der Waals surface area contributed by atoms with Gasteiger partial charge in [-0.15, -0.1) is 0 Å². The van der Waals surface area contributed by atoms with Crippen molar-refractivity contribution in [1.29, 1.82) is 0 Å². The molecule has 116 valence electrons. The zero-order chi connectivity index (χ0) is 15.4. The Morgan fingerprint density at radius 2 is 1.95 bits per heavy atom. The number of carboxylic acid groups (broad SMARTS) is 1. The molecule has 0 saturated carbocycles. The summed E-state index contributed by atoms with van der Waals surface area (Å²) in [5.41, 5.74) is 2.12. The lowest BCUT2D eigenvalue weighted by atomic mass is 9.99. The fourth-order valence-corrected chi connectivity index (χ4v) is 2.90. The minimum absolute atomic E-state index is 0.115. The third-order valence-corrected chi connectivity index (χ3v) is 3.80. The molecule has 0 fully saturated rings. The monoisotopic (exact) mass is 295 g/mol. The minimum atomic E-state index is -0.997. The van der Waals surface area contributed by atoms with Gasteiger partial charge in [0.25, 0.3) is 0 Å². The smallest absolute Gasteiger partial charge is 0.404 e. The van der Waals surface area contributed by atoms with Crippen molar-refractivity contribution in [3.8, 4) is 17.2 Å². The molecule has 0 heterocycles. The van der Waals surface area contributed by atoms with E-state index in [4.69, 9.17) is 19.3 Å². The molecule has 0 radical (unpaired) electrons. The first-order chi connectivity index (χ1) is 10.1. The summed E-state index contributed by atoms with van der Waals surface area (Å²) in [4.78, 5) is 10.9. The summed E-state index contributed by atoms with van der Waals surface area (Å²) in [7, 11) is 4.74. The number of carbonyl (C=O) groups is 1. The van der Waals surface area contributed by atoms with Gasteiger partial charge in [-0.2, -0.15) is 0 Å². The van der Waals surface area contributed by atoms with Crippen LogP contribution in [-0.2, 0) is 12.8 Å². The number of amides is 1. The summed E-state index contributed by atoms with van der Waals surface area (Å²) in [6, 6.07) is 1.84. The van der Waals surface area contributed by atoms with Crippen molar-refractivity contribution in [2.24, 2.45) is 0 Å². The van der Waals surface area contributed by atoms with Gasteiger partial charge in [0, 0.05) is 11.6 Å². The molecule has 1 amide bonds. The van der Waals surface area contributed by atoms with E-state index in [0.717, 1.165) is 30.4 Å². The predicted molar refractivity (Wildman–Crippen MR) is 77.7 cm³/mol. The van der Waals surface area contributed by atoms with Crippen molar-refractivity contribution in [3.05, 3.63) is 17.2 Å². The number of benzene rings is 1. The number of hydrogen-bond donors (Lipinski definition) is 2. The lowest BCUT2D eigenvalue weighted by molar-refractivity contribution is 0.189. The van der Waals surface area contributed by atoms with Gasteiger partial charge in [-0.1, -0.05) is 0 Å². The number of rotatable bonds is 4. The van der Waals surface area contributed by atoms with E-state index in [-0.39, 0.29) is 6.04 Å². The lowest BCUT2D eigenvalue weighted by Crippen LogP contribution is -2.34. The SMILES string of the molecule is COc1cc2c(c(OC)c1OC)CC(NC(=O)O)CCC2. The molecule has 0 spiro atoms. The molecular weight excluding hydrogens is 274 g/mol. The standard InChI is InChI=1S/C15H21NO5/c1-19-12-7-9-5-4-6-10(16-15(17)18)8-11(9)13(20-2)14(12)21-3/h7,10,16H,4-6,8H2,1-3H3,(H,17,18). The first-order valence-corrected chi connectivity index (χ1v) is 6.90. The molecule has 1 aromatic carbocycles. The van der Waals surface area contributed by atoms with E-state index in [1.54, 1.807) is 21.3 Å². The second-order valence-corrected chi connectivity index (χ2v) is 5.03. The number of hydrogen-bond acceptors (Lipinski definition) is 4. The lowest BCUT2D eigenvalue weighted by Gasteiger charge is -2.20. The molecule has 0 bridgehead atoms. The van der Waals surface area contributed by atoms with Crippen LogP contribution in [-0.4, -0.2) is 38.6 Å². The molecule has 6 nitrogen and oxygen atoms in total. The van der Waals surface area contributed by atoms with Crippen LogP contribution >= 0.6 is 0 Å². The number of ether oxygens (including phenoxy) is 3. The highest BCUT2D eigenvalue weighted by Crippen LogP contribution is 2.43. The molecule has 0 saturated heterocycles. The fourth-order valence-electron chi connectivity index (χ4n) is 2.90. The normalized spacial score (nSPS) is 17.4. The third kappa shape index (κ3) is 3.15. The quantitative estimate of drug-likeness (QED) is 0.833. The molecule has 1 aromatic rings. The second kappa shape index (κ2) is 6.56. The van der Waals surface area contributed by atoms with Crippen LogP contribution in [0.1, 0.15) is 24.0 Å². The third-order valence-electron chi connectivity index (χ3n) is 3.80. The van der Waals surface area contributed by atoms with E-state index in [2.05, 4.69) is 5.32 Å². The van der Waals surface area contributed by atoms with Gasteiger partial charge in [-0.25, -0.2) is 4.79 Å². The maximum atomic E-state index is 10.9. The maximum absolute atomic E-state index is 10.9. The Morgan fingerprint density at radius 3 is 2.52 bits per heavy atom. The van der Waals surface area contributed by atoms with Crippen molar-refractivity contribution in [2.45, 2.75) is 31.7 Å². The van der Waals surface area contributed by atoms with Crippen molar-refractivity contribution in [3.63, 3.8) is 0 Å². The van der Waals surface area contributed by atoms with Crippen molar-refractivity contribution < 1.29 is 24.1 Å². The van der Waals surface area contributed by atoms with Crippen LogP contribution in [0.25, 0.3) is 0 Å². The summed E-state index contributed by atoms with van der Waals surface area (Å²) in [5, 5.41) is 11.5. The average Bonchev–Trinajstić information content (AvgIpc) is 2.65. The van der Waals surface area contributed by atoms with Crippen LogP contribution in [0.5, 0.6) is 17.2 Å². The molecule has 0 aromatic heterocycles. The van der Waals surface area contributed by atoms with Crippen LogP contribution in [0.3, 0.4) is 0 Å². The molecule has 2 rings (SSSR count). The molecule has 6 heteroatoms. The molecule has 1 aliphatic rings. The summed E-state index contributed by atoms with van der Waals surface area (Å²) >= 11 is 0. The van der Waals surface area contributed by atoms with Gasteiger partial charge in [0.15, 0.2) is 11.5 Å². The maximum Gasteiger partial charge on any atom is 0.404 e. The Morgan fingerprint density at radius 1 is 1.24 bits per heavy atom. The van der Waals surface area contributed by atoms with Gasteiger partial charge < -0.3 is 24.6 Å². The molecule has 21 heavy (non-hydrogen) atoms. The van der Waals surface area contributed by atoms with Gasteiger partial charge in [0.05, 0.1) is 21.3 Å². The second-order valence-electron chi connectivity index (χ2n) is 5.03. The van der Waals surface area contributed by atoms with Crippen LogP contribution in [0, 0.1) is 0 Å². The first-order valence-electron chi connectivity index (χ1n) is 6.90. The summed E-state index contributed by atoms with van der Waals surface area (Å²) in [6.45, 7) is 0. The highest BCUT2D eigenvalue weighted by atomic mass is 16.5. The molecule has 2 N–H and O–H groups in total. The Bertz CT molecular complexity index is 529. The van der Waals surface area contributed by atoms with Crippen molar-refractivity contribution in [2.75, 3.05) is 21.3 Å². The van der Waals surface area contributed by atoms with E-state index in [1.807, 2.05) is 6.07 Å². The highest BCUT2D eigenvalue weighted by Gasteiger charge is 2.26. The number of methoxy groups -OCH3 is 3. The van der Waals surface area contributed by atoms with Crippen LogP contribution in [0.2, 0.25) is 0 Å². The Kier molecular flexibility index (Phi) is 4.77. The van der Waals surface area contributed by atoms with E-state index in [1.165, 1.54) is 0 Å². The van der Waals surface area contributed by atoms with Crippen molar-refractivity contribution >= 4 is 6.09 Å². The number of nitrogens with one attached hydrogen (secondary N) is 1. The predicted octanol–water partition coefficient (Wildman–Crippen LogP) is 2.23. The summed E-state index contributed by atoms with van der Waals surface area (Å²) in [5.74, 6) is 1.82. The Balaban J connectivity index is 2.46. The van der Waals surface area contributed by atoms with Gasteiger partial charge in [-0.05, 0) is 37.3 Å². The summed E-state index contributed by atoms with van der Waals surface area (Å²) in [6.07, 6.45) is 2.17. The topological polar surface area (TPSA) is 77.0 Å². The van der Waals surface area contributed by atoms with Crippen LogP contribution in [0.4, 0.5) is 4.79 Å². The zero-order valence-corrected chi connectivity index (χ0v) is 12.6. The Labute approximate surface area is 124 Å². The molecular formula is C15H21NO5. The highest BCUT2D eigenvalue weighted by molar-refractivity contribution is 5.65. The number of fused-ring (bicyclic) bond motifs is 1. The fraction of sp³-hybridized carbons (Fsp3) is 0.533. The van der Waals surface area contributed by atoms with E-state index in [0.29, 0.717) is 23.7 Å². The van der Waals surface area contributed by atoms with E-state index >= 15 is 0 Å².